The van der Waals surface area contributed by atoms with E-state index in [2.05, 4.69) is 4.74 Å². The van der Waals surface area contributed by atoms with Gasteiger partial charge in [-0.05, 0) is 54.4 Å². The van der Waals surface area contributed by atoms with E-state index in [4.69, 9.17) is 28.2 Å². The topological polar surface area (TPSA) is 51.7 Å². The molecule has 0 saturated carbocycles. The zero-order valence-electron chi connectivity index (χ0n) is 18.1. The molecular formula is C24H20Cl2F3N3O2. The SMILES string of the molecule is CC(c1ccc(CO)cc1)n1c(=Nc2ccc(OC(F)(F)F)cc2)n(C)c2cc(Cl)c(Cl)cc21. The molecule has 0 spiro atoms. The molecule has 0 bridgehead atoms. The lowest BCUT2D eigenvalue weighted by molar-refractivity contribution is -0.274. The van der Waals surface area contributed by atoms with Crippen molar-refractivity contribution in [2.45, 2.75) is 25.9 Å². The van der Waals surface area contributed by atoms with Gasteiger partial charge < -0.3 is 19.0 Å². The summed E-state index contributed by atoms with van der Waals surface area (Å²) in [6.07, 6.45) is -4.77. The Bertz CT molecular complexity index is 1390. The number of aryl methyl sites for hydroxylation is 1. The molecule has 1 atom stereocenters. The highest BCUT2D eigenvalue weighted by atomic mass is 35.5. The number of hydrogen-bond acceptors (Lipinski definition) is 3. The van der Waals surface area contributed by atoms with Crippen molar-refractivity contribution in [2.75, 3.05) is 0 Å². The molecule has 5 nitrogen and oxygen atoms in total. The average molecular weight is 510 g/mol. The second kappa shape index (κ2) is 9.37. The van der Waals surface area contributed by atoms with Gasteiger partial charge in [-0.1, -0.05) is 47.5 Å². The molecule has 1 aromatic heterocycles. The van der Waals surface area contributed by atoms with Crippen LogP contribution in [0, 0.1) is 0 Å². The van der Waals surface area contributed by atoms with E-state index in [1.165, 1.54) is 24.3 Å². The maximum Gasteiger partial charge on any atom is 0.573 e. The van der Waals surface area contributed by atoms with E-state index in [0.717, 1.165) is 22.2 Å². The molecular weight excluding hydrogens is 490 g/mol. The van der Waals surface area contributed by atoms with E-state index in [1.807, 2.05) is 47.4 Å². The number of benzene rings is 3. The predicted octanol–water partition coefficient (Wildman–Crippen LogP) is 6.52. The first-order valence-corrected chi connectivity index (χ1v) is 11.0. The summed E-state index contributed by atoms with van der Waals surface area (Å²) in [5.74, 6) is -0.327. The molecule has 0 fully saturated rings. The smallest absolute Gasteiger partial charge is 0.406 e. The molecule has 1 N–H and O–H groups in total. The Balaban J connectivity index is 1.89. The van der Waals surface area contributed by atoms with Crippen LogP contribution in [0.3, 0.4) is 0 Å². The standard InChI is InChI=1S/C24H20Cl2F3N3O2/c1-14(16-5-3-15(13-33)4-6-16)32-22-12-20(26)19(25)11-21(22)31(2)23(32)30-17-7-9-18(10-8-17)34-24(27,28)29/h3-12,14,33H,13H2,1-2H3. The van der Waals surface area contributed by atoms with Gasteiger partial charge >= 0.3 is 6.36 Å². The van der Waals surface area contributed by atoms with E-state index in [0.29, 0.717) is 21.4 Å². The van der Waals surface area contributed by atoms with Crippen LogP contribution < -0.4 is 10.4 Å². The Morgan fingerprint density at radius 1 is 0.971 bits per heavy atom. The normalized spacial score (nSPS) is 13.5. The lowest BCUT2D eigenvalue weighted by Gasteiger charge is -2.16. The van der Waals surface area contributed by atoms with Crippen molar-refractivity contribution in [1.82, 2.24) is 9.13 Å². The first-order chi connectivity index (χ1) is 16.1. The van der Waals surface area contributed by atoms with Gasteiger partial charge in [0.25, 0.3) is 0 Å². The van der Waals surface area contributed by atoms with Crippen LogP contribution in [-0.4, -0.2) is 20.6 Å². The number of aliphatic hydroxyl groups is 1. The number of nitrogens with zero attached hydrogens (tertiary/aromatic N) is 3. The van der Waals surface area contributed by atoms with E-state index < -0.39 is 6.36 Å². The monoisotopic (exact) mass is 509 g/mol. The summed E-state index contributed by atoms with van der Waals surface area (Å²) in [5, 5.41) is 10.1. The molecule has 10 heteroatoms. The summed E-state index contributed by atoms with van der Waals surface area (Å²) >= 11 is 12.6. The van der Waals surface area contributed by atoms with Gasteiger partial charge in [0.05, 0.1) is 39.4 Å². The van der Waals surface area contributed by atoms with E-state index in [-0.39, 0.29) is 18.4 Å². The predicted molar refractivity (Wildman–Crippen MR) is 125 cm³/mol. The highest BCUT2D eigenvalue weighted by molar-refractivity contribution is 6.42. The third-order valence-electron chi connectivity index (χ3n) is 5.49. The Morgan fingerprint density at radius 2 is 1.56 bits per heavy atom. The maximum absolute atomic E-state index is 12.5. The number of alkyl halides is 3. The van der Waals surface area contributed by atoms with Crippen LogP contribution in [0.25, 0.3) is 11.0 Å². The Kier molecular flexibility index (Phi) is 6.66. The summed E-state index contributed by atoms with van der Waals surface area (Å²) in [7, 11) is 1.82. The van der Waals surface area contributed by atoms with Gasteiger partial charge in [-0.15, -0.1) is 13.2 Å². The number of rotatable bonds is 5. The Labute approximate surface area is 203 Å². The molecule has 1 heterocycles. The molecule has 0 aliphatic carbocycles. The lowest BCUT2D eigenvalue weighted by atomic mass is 10.1. The van der Waals surface area contributed by atoms with Gasteiger partial charge in [0.1, 0.15) is 5.75 Å². The number of aromatic nitrogens is 2. The highest BCUT2D eigenvalue weighted by Gasteiger charge is 2.31. The van der Waals surface area contributed by atoms with Crippen molar-refractivity contribution >= 4 is 39.9 Å². The van der Waals surface area contributed by atoms with Crippen LogP contribution in [0.2, 0.25) is 10.0 Å². The molecule has 3 aromatic carbocycles. The molecule has 4 aromatic rings. The van der Waals surface area contributed by atoms with E-state index >= 15 is 0 Å². The third kappa shape index (κ3) is 4.94. The van der Waals surface area contributed by atoms with Gasteiger partial charge in [-0.25, -0.2) is 4.99 Å². The highest BCUT2D eigenvalue weighted by Crippen LogP contribution is 2.31. The van der Waals surface area contributed by atoms with E-state index in [9.17, 15) is 18.3 Å². The third-order valence-corrected chi connectivity index (χ3v) is 6.21. The van der Waals surface area contributed by atoms with Crippen LogP contribution in [0.4, 0.5) is 18.9 Å². The molecule has 34 heavy (non-hydrogen) atoms. The zero-order chi connectivity index (χ0) is 24.6. The van der Waals surface area contributed by atoms with Crippen LogP contribution >= 0.6 is 23.2 Å². The summed E-state index contributed by atoms with van der Waals surface area (Å²) in [4.78, 5) is 4.72. The second-order valence-electron chi connectivity index (χ2n) is 7.71. The van der Waals surface area contributed by atoms with Crippen LogP contribution in [0.5, 0.6) is 5.75 Å². The quantitative estimate of drug-likeness (QED) is 0.333. The number of ether oxygens (including phenoxy) is 1. The summed E-state index contributed by atoms with van der Waals surface area (Å²) in [6, 6.07) is 16.2. The minimum absolute atomic E-state index is 0.0567. The van der Waals surface area contributed by atoms with E-state index in [1.54, 1.807) is 12.1 Å². The van der Waals surface area contributed by atoms with Gasteiger partial charge in [0.15, 0.2) is 0 Å². The minimum Gasteiger partial charge on any atom is -0.406 e. The fourth-order valence-corrected chi connectivity index (χ4v) is 4.08. The van der Waals surface area contributed by atoms with Gasteiger partial charge in [0.2, 0.25) is 5.62 Å². The van der Waals surface area contributed by atoms with Crippen molar-refractivity contribution in [3.8, 4) is 5.75 Å². The first-order valence-electron chi connectivity index (χ1n) is 10.2. The van der Waals surface area contributed by atoms with Crippen molar-refractivity contribution < 1.29 is 23.0 Å². The van der Waals surface area contributed by atoms with Gasteiger partial charge in [-0.3, -0.25) is 0 Å². The number of aliphatic hydroxyl groups excluding tert-OH is 1. The summed E-state index contributed by atoms with van der Waals surface area (Å²) < 4.78 is 45.2. The van der Waals surface area contributed by atoms with Crippen molar-refractivity contribution in [3.63, 3.8) is 0 Å². The number of hydrogen-bond donors (Lipinski definition) is 1. The fourth-order valence-electron chi connectivity index (χ4n) is 3.76. The minimum atomic E-state index is -4.77. The van der Waals surface area contributed by atoms with Crippen LogP contribution in [0.1, 0.15) is 24.1 Å². The van der Waals surface area contributed by atoms with Crippen LogP contribution in [0.15, 0.2) is 65.7 Å². The lowest BCUT2D eigenvalue weighted by Crippen LogP contribution is -2.27. The van der Waals surface area contributed by atoms with Gasteiger partial charge in [-0.2, -0.15) is 0 Å². The fraction of sp³-hybridized carbons (Fsp3) is 0.208. The molecule has 0 amide bonds. The second-order valence-corrected chi connectivity index (χ2v) is 8.53. The Morgan fingerprint density at radius 3 is 2.12 bits per heavy atom. The molecule has 0 radical (unpaired) electrons. The summed E-state index contributed by atoms with van der Waals surface area (Å²) in [5.41, 5.74) is 4.30. The van der Waals surface area contributed by atoms with Crippen molar-refractivity contribution in [2.24, 2.45) is 12.0 Å². The molecule has 1 unspecified atom stereocenters. The summed E-state index contributed by atoms with van der Waals surface area (Å²) in [6.45, 7) is 1.94. The van der Waals surface area contributed by atoms with Crippen molar-refractivity contribution in [3.05, 3.63) is 87.5 Å². The number of imidazole rings is 1. The largest absolute Gasteiger partial charge is 0.573 e. The zero-order valence-corrected chi connectivity index (χ0v) is 19.7. The molecule has 0 aliphatic heterocycles. The molecule has 0 saturated heterocycles. The average Bonchev–Trinajstić information content (AvgIpc) is 3.04. The Hall–Kier alpha value is -2.94. The number of fused-ring (bicyclic) bond motifs is 1. The molecule has 4 rings (SSSR count). The van der Waals surface area contributed by atoms with Crippen LogP contribution in [-0.2, 0) is 13.7 Å². The maximum atomic E-state index is 12.5. The van der Waals surface area contributed by atoms with Crippen molar-refractivity contribution in [1.29, 1.82) is 0 Å². The molecule has 178 valence electrons. The van der Waals surface area contributed by atoms with Gasteiger partial charge in [0, 0.05) is 7.05 Å². The number of halogens is 5. The first kappa shape index (κ1) is 24.2. The molecule has 0 aliphatic rings.